The summed E-state index contributed by atoms with van der Waals surface area (Å²) in [4.78, 5) is 25.7. The fraction of sp³-hybridized carbons (Fsp3) is 0.500. The van der Waals surface area contributed by atoms with E-state index in [1.807, 2.05) is 18.4 Å². The zero-order valence-electron chi connectivity index (χ0n) is 22.3. The third-order valence-corrected chi connectivity index (χ3v) is 8.27. The number of carbonyl (C=O) groups excluding carboxylic acids is 1. The lowest BCUT2D eigenvalue weighted by Crippen LogP contribution is -2.56. The van der Waals surface area contributed by atoms with Crippen LogP contribution >= 0.6 is 11.8 Å². The van der Waals surface area contributed by atoms with Gasteiger partial charge in [-0.05, 0) is 60.4 Å². The highest BCUT2D eigenvalue weighted by Gasteiger charge is 2.44. The Balaban J connectivity index is 1.99. The molecule has 39 heavy (non-hydrogen) atoms. The van der Waals surface area contributed by atoms with E-state index in [2.05, 4.69) is 5.32 Å². The van der Waals surface area contributed by atoms with E-state index >= 15 is 0 Å². The first-order valence-electron chi connectivity index (χ1n) is 12.7. The van der Waals surface area contributed by atoms with Crippen molar-refractivity contribution in [1.82, 2.24) is 5.32 Å². The molecule has 5 N–H and O–H groups in total. The SMILES string of the molecule is COc1cc2c(c(OC3CC(CO)C(O)C(O)C3O)c1OC)-c1ccc(SC)c(=O)cc1[C@@H](NC(C)=O)CC2. The van der Waals surface area contributed by atoms with E-state index < -0.39 is 43.0 Å². The minimum atomic E-state index is -1.53. The highest BCUT2D eigenvalue weighted by atomic mass is 32.2. The van der Waals surface area contributed by atoms with Gasteiger partial charge in [0.15, 0.2) is 16.9 Å². The van der Waals surface area contributed by atoms with Crippen molar-refractivity contribution in [2.45, 2.75) is 61.5 Å². The Morgan fingerprint density at radius 2 is 1.82 bits per heavy atom. The fourth-order valence-electron chi connectivity index (χ4n) is 5.51. The van der Waals surface area contributed by atoms with E-state index in [1.54, 1.807) is 6.07 Å². The molecule has 0 aromatic heterocycles. The first-order chi connectivity index (χ1) is 18.6. The highest BCUT2D eigenvalue weighted by molar-refractivity contribution is 7.98. The second kappa shape index (κ2) is 12.1. The number of hydrogen-bond acceptors (Lipinski definition) is 10. The van der Waals surface area contributed by atoms with E-state index in [4.69, 9.17) is 14.2 Å². The van der Waals surface area contributed by atoms with Crippen LogP contribution in [0.25, 0.3) is 11.1 Å². The summed E-state index contributed by atoms with van der Waals surface area (Å²) in [5.74, 6) is -0.103. The van der Waals surface area contributed by atoms with Gasteiger partial charge >= 0.3 is 0 Å². The number of fused-ring (bicyclic) bond motifs is 3. The van der Waals surface area contributed by atoms with Crippen molar-refractivity contribution in [2.75, 3.05) is 27.1 Å². The summed E-state index contributed by atoms with van der Waals surface area (Å²) in [6.07, 6.45) is -2.43. The summed E-state index contributed by atoms with van der Waals surface area (Å²) in [6.45, 7) is 1.02. The van der Waals surface area contributed by atoms with Gasteiger partial charge in [-0.3, -0.25) is 9.59 Å². The number of rotatable bonds is 7. The van der Waals surface area contributed by atoms with Crippen LogP contribution in [0.1, 0.15) is 36.9 Å². The Bertz CT molecular complexity index is 1280. The van der Waals surface area contributed by atoms with Gasteiger partial charge < -0.3 is 40.0 Å². The van der Waals surface area contributed by atoms with Crippen molar-refractivity contribution < 1.29 is 39.4 Å². The lowest BCUT2D eigenvalue weighted by Gasteiger charge is -2.40. The fourth-order valence-corrected chi connectivity index (χ4v) is 5.97. The number of carbonyl (C=O) groups is 1. The van der Waals surface area contributed by atoms with Crippen molar-refractivity contribution in [1.29, 1.82) is 0 Å². The van der Waals surface area contributed by atoms with Crippen LogP contribution in [0.4, 0.5) is 0 Å². The number of ether oxygens (including phenoxy) is 3. The monoisotopic (exact) mass is 561 g/mol. The van der Waals surface area contributed by atoms with Gasteiger partial charge in [0.25, 0.3) is 0 Å². The molecule has 2 aromatic rings. The van der Waals surface area contributed by atoms with Crippen molar-refractivity contribution in [3.63, 3.8) is 0 Å². The number of aryl methyl sites for hydroxylation is 1. The molecule has 11 heteroatoms. The molecule has 0 spiro atoms. The molecule has 10 nitrogen and oxygen atoms in total. The Morgan fingerprint density at radius 3 is 2.44 bits per heavy atom. The number of methoxy groups -OCH3 is 2. The minimum absolute atomic E-state index is 0.0658. The molecule has 0 saturated heterocycles. The lowest BCUT2D eigenvalue weighted by molar-refractivity contribution is -0.157. The molecule has 1 amide bonds. The first kappa shape index (κ1) is 29.2. The van der Waals surface area contributed by atoms with Crippen LogP contribution in [0.15, 0.2) is 34.0 Å². The van der Waals surface area contributed by atoms with Gasteiger partial charge in [-0.2, -0.15) is 0 Å². The first-order valence-corrected chi connectivity index (χ1v) is 14.0. The Hall–Kier alpha value is -2.83. The summed E-state index contributed by atoms with van der Waals surface area (Å²) in [5, 5.41) is 44.4. The van der Waals surface area contributed by atoms with Crippen LogP contribution in [-0.2, 0) is 11.2 Å². The molecule has 2 aromatic carbocycles. The molecule has 0 heterocycles. The molecular weight excluding hydrogens is 526 g/mol. The molecule has 2 aliphatic rings. The maximum absolute atomic E-state index is 13.1. The molecule has 2 aliphatic carbocycles. The summed E-state index contributed by atoms with van der Waals surface area (Å²) >= 11 is 1.32. The maximum Gasteiger partial charge on any atom is 0.217 e. The summed E-state index contributed by atoms with van der Waals surface area (Å²) in [6, 6.07) is 6.44. The number of benzene rings is 1. The summed E-state index contributed by atoms with van der Waals surface area (Å²) in [7, 11) is 2.94. The lowest BCUT2D eigenvalue weighted by atomic mass is 9.81. The summed E-state index contributed by atoms with van der Waals surface area (Å²) in [5.41, 5.74) is 2.48. The number of hydrogen-bond donors (Lipinski definition) is 5. The van der Waals surface area contributed by atoms with E-state index in [1.165, 1.54) is 39.0 Å². The van der Waals surface area contributed by atoms with Gasteiger partial charge in [-0.1, -0.05) is 6.07 Å². The van der Waals surface area contributed by atoms with Crippen LogP contribution < -0.4 is 25.0 Å². The Labute approximate surface area is 230 Å². The van der Waals surface area contributed by atoms with Crippen LogP contribution in [0.5, 0.6) is 17.2 Å². The topological polar surface area (TPSA) is 155 Å². The van der Waals surface area contributed by atoms with E-state index in [-0.39, 0.29) is 29.3 Å². The van der Waals surface area contributed by atoms with Gasteiger partial charge in [-0.15, -0.1) is 11.8 Å². The molecule has 5 unspecified atom stereocenters. The second-order valence-corrected chi connectivity index (χ2v) is 10.7. The van der Waals surface area contributed by atoms with Crippen LogP contribution in [-0.4, -0.2) is 77.8 Å². The number of aliphatic hydroxyl groups excluding tert-OH is 4. The zero-order valence-corrected chi connectivity index (χ0v) is 23.2. The standard InChI is InChI=1S/C28H35NO9S/c1-13(31)29-18-7-5-14-9-21(36-2)27(37-3)28(38-20-10-15(12-30)24(33)26(35)25(20)34)23(14)16-6-8-22(39-4)19(32)11-17(16)18/h6,8-9,11,15,18,20,24-26,30,33-35H,5,7,10,12H2,1-4H3,(H,29,31)/t15?,18-,20?,24?,25?,26?/m0/s1. The third kappa shape index (κ3) is 5.59. The molecule has 4 rings (SSSR count). The number of thioether (sulfide) groups is 1. The normalized spacial score (nSPS) is 26.1. The number of amides is 1. The maximum atomic E-state index is 13.1. The van der Waals surface area contributed by atoms with Crippen LogP contribution in [0, 0.1) is 5.92 Å². The number of aliphatic hydroxyl groups is 4. The van der Waals surface area contributed by atoms with Crippen molar-refractivity contribution in [2.24, 2.45) is 5.92 Å². The molecule has 1 saturated carbocycles. The predicted molar refractivity (Wildman–Crippen MR) is 146 cm³/mol. The molecule has 1 fully saturated rings. The molecule has 212 valence electrons. The largest absolute Gasteiger partial charge is 0.493 e. The van der Waals surface area contributed by atoms with Crippen molar-refractivity contribution >= 4 is 17.7 Å². The van der Waals surface area contributed by atoms with Crippen LogP contribution in [0.3, 0.4) is 0 Å². The van der Waals surface area contributed by atoms with E-state index in [0.717, 1.165) is 5.56 Å². The van der Waals surface area contributed by atoms with Gasteiger partial charge in [0.1, 0.15) is 18.3 Å². The summed E-state index contributed by atoms with van der Waals surface area (Å²) < 4.78 is 17.8. The molecule has 0 radical (unpaired) electrons. The quantitative estimate of drug-likeness (QED) is 0.314. The van der Waals surface area contributed by atoms with Gasteiger partial charge in [0, 0.05) is 25.0 Å². The minimum Gasteiger partial charge on any atom is -0.493 e. The van der Waals surface area contributed by atoms with E-state index in [0.29, 0.717) is 40.2 Å². The highest BCUT2D eigenvalue weighted by Crippen LogP contribution is 2.51. The van der Waals surface area contributed by atoms with Crippen LogP contribution in [0.2, 0.25) is 0 Å². The Kier molecular flexibility index (Phi) is 9.07. The zero-order chi connectivity index (χ0) is 28.4. The smallest absolute Gasteiger partial charge is 0.217 e. The molecule has 0 bridgehead atoms. The third-order valence-electron chi connectivity index (χ3n) is 7.50. The van der Waals surface area contributed by atoms with Gasteiger partial charge in [-0.25, -0.2) is 0 Å². The van der Waals surface area contributed by atoms with E-state index in [9.17, 15) is 30.0 Å². The molecular formula is C28H35NO9S. The van der Waals surface area contributed by atoms with Crippen molar-refractivity contribution in [3.05, 3.63) is 45.6 Å². The van der Waals surface area contributed by atoms with Gasteiger partial charge in [0.05, 0.1) is 31.3 Å². The Morgan fingerprint density at radius 1 is 1.08 bits per heavy atom. The van der Waals surface area contributed by atoms with Gasteiger partial charge in [0.2, 0.25) is 11.7 Å². The second-order valence-electron chi connectivity index (χ2n) is 9.85. The average molecular weight is 562 g/mol. The number of nitrogens with one attached hydrogen (secondary N) is 1. The van der Waals surface area contributed by atoms with Crippen molar-refractivity contribution in [3.8, 4) is 28.4 Å². The molecule has 6 atom stereocenters. The average Bonchev–Trinajstić information content (AvgIpc) is 3.16. The molecule has 0 aliphatic heterocycles. The predicted octanol–water partition coefficient (Wildman–Crippen LogP) is 1.42.